The highest BCUT2D eigenvalue weighted by Crippen LogP contribution is 2.29. The van der Waals surface area contributed by atoms with Gasteiger partial charge < -0.3 is 10.0 Å². The smallest absolute Gasteiger partial charge is 0.288 e. The van der Waals surface area contributed by atoms with Crippen molar-refractivity contribution in [3.63, 3.8) is 0 Å². The summed E-state index contributed by atoms with van der Waals surface area (Å²) in [5.41, 5.74) is 0.245. The van der Waals surface area contributed by atoms with Gasteiger partial charge in [-0.3, -0.25) is 4.79 Å². The monoisotopic (exact) mass is 289 g/mol. The third-order valence-corrected chi connectivity index (χ3v) is 3.35. The van der Waals surface area contributed by atoms with Gasteiger partial charge >= 0.3 is 0 Å². The van der Waals surface area contributed by atoms with Gasteiger partial charge in [-0.15, -0.1) is 0 Å². The highest BCUT2D eigenvalue weighted by atomic mass is 32.2. The molecule has 0 unspecified atom stereocenters. The fourth-order valence-electron chi connectivity index (χ4n) is 1.70. The van der Waals surface area contributed by atoms with E-state index in [2.05, 4.69) is 0 Å². The molecule has 0 aliphatic heterocycles. The number of aliphatic hydroxyl groups is 1. The van der Waals surface area contributed by atoms with Crippen LogP contribution in [0, 0.1) is 0 Å². The van der Waals surface area contributed by atoms with Crippen molar-refractivity contribution < 1.29 is 18.7 Å². The van der Waals surface area contributed by atoms with Gasteiger partial charge in [-0.05, 0) is 26.0 Å². The Bertz CT molecular complexity index is 427. The molecule has 3 nitrogen and oxygen atoms in total. The highest BCUT2D eigenvalue weighted by Gasteiger charge is 2.22. The quantitative estimate of drug-likeness (QED) is 0.819. The van der Waals surface area contributed by atoms with E-state index < -0.39 is 5.76 Å². The molecule has 0 aliphatic rings. The number of nitrogens with zero attached hydrogens (tertiary/aromatic N) is 1. The number of hydrogen-bond donors (Lipinski definition) is 1. The number of benzene rings is 1. The van der Waals surface area contributed by atoms with Crippen molar-refractivity contribution >= 4 is 17.7 Å². The van der Waals surface area contributed by atoms with Crippen LogP contribution in [-0.2, 0) is 0 Å². The maximum Gasteiger partial charge on any atom is 0.288 e. The van der Waals surface area contributed by atoms with Gasteiger partial charge in [0.2, 0.25) is 0 Å². The first-order valence-corrected chi connectivity index (χ1v) is 6.81. The lowest BCUT2D eigenvalue weighted by Gasteiger charge is -2.26. The molecule has 0 aromatic heterocycles. The summed E-state index contributed by atoms with van der Waals surface area (Å²) in [6.45, 7) is 3.66. The van der Waals surface area contributed by atoms with Gasteiger partial charge in [-0.2, -0.15) is 8.78 Å². The van der Waals surface area contributed by atoms with Crippen molar-refractivity contribution in [3.05, 3.63) is 29.8 Å². The van der Waals surface area contributed by atoms with Crippen molar-refractivity contribution in [2.45, 2.75) is 30.5 Å². The minimum atomic E-state index is -2.57. The van der Waals surface area contributed by atoms with Crippen LogP contribution >= 0.6 is 11.8 Å². The molecule has 0 saturated heterocycles. The van der Waals surface area contributed by atoms with E-state index in [-0.39, 0.29) is 35.6 Å². The Kier molecular flexibility index (Phi) is 6.24. The van der Waals surface area contributed by atoms with Gasteiger partial charge in [0.25, 0.3) is 11.7 Å². The largest absolute Gasteiger partial charge is 0.395 e. The summed E-state index contributed by atoms with van der Waals surface area (Å²) < 4.78 is 24.9. The molecule has 6 heteroatoms. The van der Waals surface area contributed by atoms with Crippen molar-refractivity contribution in [2.75, 3.05) is 13.2 Å². The molecule has 106 valence electrons. The number of aliphatic hydroxyl groups excluding tert-OH is 1. The molecule has 0 saturated carbocycles. The standard InChI is InChI=1S/C13H17F2NO2S/c1-9(2)16(7-8-17)12(18)10-5-3-4-6-11(10)19-13(14)15/h3-6,9,13,17H,7-8H2,1-2H3. The van der Waals surface area contributed by atoms with Crippen molar-refractivity contribution in [1.82, 2.24) is 4.90 Å². The molecule has 0 atom stereocenters. The molecule has 1 rings (SSSR count). The fraction of sp³-hybridized carbons (Fsp3) is 0.462. The van der Waals surface area contributed by atoms with Crippen LogP contribution < -0.4 is 0 Å². The second kappa shape index (κ2) is 7.45. The number of alkyl halides is 2. The number of amides is 1. The molecular weight excluding hydrogens is 272 g/mol. The summed E-state index contributed by atoms with van der Waals surface area (Å²) in [6.07, 6.45) is 0. The van der Waals surface area contributed by atoms with Gasteiger partial charge in [0, 0.05) is 17.5 Å². The van der Waals surface area contributed by atoms with Crippen LogP contribution in [0.2, 0.25) is 0 Å². The van der Waals surface area contributed by atoms with E-state index in [9.17, 15) is 13.6 Å². The van der Waals surface area contributed by atoms with Crippen LogP contribution in [0.3, 0.4) is 0 Å². The van der Waals surface area contributed by atoms with E-state index >= 15 is 0 Å². The Morgan fingerprint density at radius 2 is 2.00 bits per heavy atom. The topological polar surface area (TPSA) is 40.5 Å². The predicted octanol–water partition coefficient (Wildman–Crippen LogP) is 2.84. The zero-order chi connectivity index (χ0) is 14.4. The molecule has 19 heavy (non-hydrogen) atoms. The third kappa shape index (κ3) is 4.47. The van der Waals surface area contributed by atoms with Crippen molar-refractivity contribution in [1.29, 1.82) is 0 Å². The molecule has 1 N–H and O–H groups in total. The van der Waals surface area contributed by atoms with Crippen molar-refractivity contribution in [2.24, 2.45) is 0 Å². The fourth-order valence-corrected chi connectivity index (χ4v) is 2.33. The lowest BCUT2D eigenvalue weighted by molar-refractivity contribution is 0.0662. The van der Waals surface area contributed by atoms with Gasteiger partial charge in [0.15, 0.2) is 0 Å². The molecule has 1 amide bonds. The van der Waals surface area contributed by atoms with Crippen molar-refractivity contribution in [3.8, 4) is 0 Å². The first kappa shape index (κ1) is 15.9. The number of carbonyl (C=O) groups is 1. The number of thioether (sulfide) groups is 1. The van der Waals surface area contributed by atoms with E-state index in [0.717, 1.165) is 0 Å². The van der Waals surface area contributed by atoms with Gasteiger partial charge in [0.05, 0.1) is 12.2 Å². The Labute approximate surface area is 115 Å². The second-order valence-corrected chi connectivity index (χ2v) is 5.22. The average Bonchev–Trinajstić information content (AvgIpc) is 2.34. The van der Waals surface area contributed by atoms with E-state index in [4.69, 9.17) is 5.11 Å². The molecule has 0 spiro atoms. The molecule has 1 aromatic carbocycles. The van der Waals surface area contributed by atoms with Crippen LogP contribution in [-0.4, -0.2) is 40.9 Å². The summed E-state index contributed by atoms with van der Waals surface area (Å²) in [4.78, 5) is 14.1. The van der Waals surface area contributed by atoms with Gasteiger partial charge in [0.1, 0.15) is 0 Å². The minimum absolute atomic E-state index is 0.107. The van der Waals surface area contributed by atoms with E-state index in [1.807, 2.05) is 13.8 Å². The molecule has 0 radical (unpaired) electrons. The lowest BCUT2D eigenvalue weighted by atomic mass is 10.1. The van der Waals surface area contributed by atoms with E-state index in [0.29, 0.717) is 11.8 Å². The Morgan fingerprint density at radius 3 is 2.53 bits per heavy atom. The lowest BCUT2D eigenvalue weighted by Crippen LogP contribution is -2.39. The van der Waals surface area contributed by atoms with Crippen LogP contribution in [0.25, 0.3) is 0 Å². The van der Waals surface area contributed by atoms with Crippen LogP contribution in [0.15, 0.2) is 29.2 Å². The van der Waals surface area contributed by atoms with Crippen LogP contribution in [0.5, 0.6) is 0 Å². The first-order chi connectivity index (χ1) is 8.97. The normalized spacial score (nSPS) is 11.1. The first-order valence-electron chi connectivity index (χ1n) is 5.93. The van der Waals surface area contributed by atoms with E-state index in [1.165, 1.54) is 17.0 Å². The Morgan fingerprint density at radius 1 is 1.37 bits per heavy atom. The summed E-state index contributed by atoms with van der Waals surface area (Å²) in [7, 11) is 0. The van der Waals surface area contributed by atoms with Gasteiger partial charge in [-0.1, -0.05) is 23.9 Å². The average molecular weight is 289 g/mol. The number of hydrogen-bond acceptors (Lipinski definition) is 3. The summed E-state index contributed by atoms with van der Waals surface area (Å²) in [5, 5.41) is 8.98. The van der Waals surface area contributed by atoms with Crippen LogP contribution in [0.1, 0.15) is 24.2 Å². The minimum Gasteiger partial charge on any atom is -0.395 e. The molecule has 0 heterocycles. The molecule has 0 aliphatic carbocycles. The summed E-state index contributed by atoms with van der Waals surface area (Å²) in [5.74, 6) is -2.91. The molecule has 0 bridgehead atoms. The third-order valence-electron chi connectivity index (χ3n) is 2.56. The second-order valence-electron chi connectivity index (χ2n) is 4.19. The zero-order valence-corrected chi connectivity index (χ0v) is 11.7. The number of carbonyl (C=O) groups excluding carboxylic acids is 1. The highest BCUT2D eigenvalue weighted by molar-refractivity contribution is 7.99. The maximum absolute atomic E-state index is 12.5. The molecule has 0 fully saturated rings. The SMILES string of the molecule is CC(C)N(CCO)C(=O)c1ccccc1SC(F)F. The number of halogens is 2. The Balaban J connectivity index is 3.03. The summed E-state index contributed by atoms with van der Waals surface area (Å²) in [6, 6.07) is 6.18. The van der Waals surface area contributed by atoms with Crippen LogP contribution in [0.4, 0.5) is 8.78 Å². The zero-order valence-electron chi connectivity index (χ0n) is 10.8. The summed E-state index contributed by atoms with van der Waals surface area (Å²) >= 11 is 0.357. The maximum atomic E-state index is 12.5. The van der Waals surface area contributed by atoms with E-state index in [1.54, 1.807) is 12.1 Å². The molecular formula is C13H17F2NO2S. The Hall–Kier alpha value is -1.14. The van der Waals surface area contributed by atoms with Gasteiger partial charge in [-0.25, -0.2) is 0 Å². The predicted molar refractivity (Wildman–Crippen MR) is 71.6 cm³/mol. The number of rotatable bonds is 6. The molecule has 1 aromatic rings.